The first-order valence-corrected chi connectivity index (χ1v) is 7.96. The van der Waals surface area contributed by atoms with E-state index >= 15 is 0 Å². The van der Waals surface area contributed by atoms with Crippen LogP contribution in [0.5, 0.6) is 0 Å². The van der Waals surface area contributed by atoms with E-state index in [1.807, 2.05) is 43.4 Å². The summed E-state index contributed by atoms with van der Waals surface area (Å²) >= 11 is 0. The number of carbonyl (C=O) groups excluding carboxylic acids is 1. The van der Waals surface area contributed by atoms with Crippen molar-refractivity contribution in [3.8, 4) is 0 Å². The zero-order valence-electron chi connectivity index (χ0n) is 14.5. The molecule has 0 radical (unpaired) electrons. The summed E-state index contributed by atoms with van der Waals surface area (Å²) < 4.78 is 4.91. The molecule has 0 atom stereocenters. The number of aldehydes is 1. The van der Waals surface area contributed by atoms with Crippen LogP contribution in [0.2, 0.25) is 0 Å². The third-order valence-electron chi connectivity index (χ3n) is 3.04. The molecule has 0 bridgehead atoms. The molecule has 0 saturated heterocycles. The van der Waals surface area contributed by atoms with E-state index in [0.717, 1.165) is 24.0 Å². The summed E-state index contributed by atoms with van der Waals surface area (Å²) in [6, 6.07) is 3.67. The summed E-state index contributed by atoms with van der Waals surface area (Å²) in [6.07, 6.45) is 13.3. The van der Waals surface area contributed by atoms with Gasteiger partial charge in [0.25, 0.3) is 0 Å². The minimum Gasteiger partial charge on any atom is -0.383 e. The number of hydrogen-bond donors (Lipinski definition) is 1. The molecular weight excluding hydrogens is 302 g/mol. The molecular formula is C19H25N3O2. The van der Waals surface area contributed by atoms with Crippen LogP contribution in [0.3, 0.4) is 0 Å². The Morgan fingerprint density at radius 3 is 2.88 bits per heavy atom. The van der Waals surface area contributed by atoms with Crippen LogP contribution >= 0.6 is 0 Å². The van der Waals surface area contributed by atoms with Gasteiger partial charge in [0.15, 0.2) is 6.29 Å². The Morgan fingerprint density at radius 2 is 2.21 bits per heavy atom. The highest BCUT2D eigenvalue weighted by molar-refractivity contribution is 5.88. The van der Waals surface area contributed by atoms with Crippen LogP contribution in [0, 0.1) is 0 Å². The van der Waals surface area contributed by atoms with Crippen molar-refractivity contribution in [3.05, 3.63) is 53.4 Å². The number of rotatable bonds is 10. The fourth-order valence-corrected chi connectivity index (χ4v) is 1.92. The van der Waals surface area contributed by atoms with Crippen LogP contribution in [-0.2, 0) is 4.74 Å². The Hall–Kier alpha value is -2.53. The number of ether oxygens (including phenoxy) is 1. The number of anilines is 1. The zero-order valence-corrected chi connectivity index (χ0v) is 14.5. The minimum atomic E-state index is 0.349. The highest BCUT2D eigenvalue weighted by Crippen LogP contribution is 2.13. The second-order valence-electron chi connectivity index (χ2n) is 4.90. The summed E-state index contributed by atoms with van der Waals surface area (Å²) in [5.41, 5.74) is 2.82. The Morgan fingerprint density at radius 1 is 1.38 bits per heavy atom. The summed E-state index contributed by atoms with van der Waals surface area (Å²) in [6.45, 7) is 5.19. The maximum atomic E-state index is 11.2. The largest absolute Gasteiger partial charge is 0.383 e. The lowest BCUT2D eigenvalue weighted by molar-refractivity contribution is 0.112. The average Bonchev–Trinajstić information content (AvgIpc) is 2.60. The van der Waals surface area contributed by atoms with Gasteiger partial charge in [0, 0.05) is 7.11 Å². The maximum Gasteiger partial charge on any atom is 0.170 e. The summed E-state index contributed by atoms with van der Waals surface area (Å²) in [4.78, 5) is 19.7. The van der Waals surface area contributed by atoms with Crippen LogP contribution in [-0.4, -0.2) is 37.9 Å². The average molecular weight is 327 g/mol. The van der Waals surface area contributed by atoms with Gasteiger partial charge >= 0.3 is 0 Å². The molecule has 1 rings (SSSR count). The quantitative estimate of drug-likeness (QED) is 0.233. The maximum absolute atomic E-state index is 11.2. The first kappa shape index (κ1) is 19.5. The predicted molar refractivity (Wildman–Crippen MR) is 101 cm³/mol. The third-order valence-corrected chi connectivity index (χ3v) is 3.04. The number of aliphatic imine (C=N–C) groups is 1. The number of hydrogen-bond acceptors (Lipinski definition) is 4. The van der Waals surface area contributed by atoms with Crippen molar-refractivity contribution < 1.29 is 9.53 Å². The number of nitrogens with zero attached hydrogens (tertiary/aromatic N) is 2. The molecule has 0 aliphatic carbocycles. The second kappa shape index (κ2) is 12.0. The van der Waals surface area contributed by atoms with Gasteiger partial charge in [-0.05, 0) is 37.1 Å². The van der Waals surface area contributed by atoms with Crippen molar-refractivity contribution in [2.45, 2.75) is 20.3 Å². The fraction of sp³-hybridized carbons (Fsp3) is 0.316. The van der Waals surface area contributed by atoms with Crippen molar-refractivity contribution >= 4 is 24.4 Å². The molecule has 1 aromatic heterocycles. The Kier molecular flexibility index (Phi) is 9.73. The molecule has 0 fully saturated rings. The predicted octanol–water partition coefficient (Wildman–Crippen LogP) is 3.91. The van der Waals surface area contributed by atoms with E-state index in [4.69, 9.17) is 4.74 Å². The molecule has 0 amide bonds. The van der Waals surface area contributed by atoms with Gasteiger partial charge in [-0.15, -0.1) is 0 Å². The molecule has 5 heteroatoms. The number of allylic oxidation sites excluding steroid dienone is 5. The van der Waals surface area contributed by atoms with Gasteiger partial charge in [-0.25, -0.2) is 4.98 Å². The fourth-order valence-electron chi connectivity index (χ4n) is 1.92. The lowest BCUT2D eigenvalue weighted by Crippen LogP contribution is -2.03. The van der Waals surface area contributed by atoms with Gasteiger partial charge in [-0.2, -0.15) is 0 Å². The highest BCUT2D eigenvalue weighted by Gasteiger charge is 2.02. The SMILES string of the molecule is C\C=C/C(/C=C/c1ccc(NC=NCCOC)c(C=O)n1)=C\CC. The molecule has 1 aromatic rings. The van der Waals surface area contributed by atoms with Gasteiger partial charge in [-0.1, -0.05) is 31.2 Å². The molecule has 0 aliphatic rings. The van der Waals surface area contributed by atoms with Gasteiger partial charge < -0.3 is 10.1 Å². The van der Waals surface area contributed by atoms with E-state index in [2.05, 4.69) is 28.3 Å². The molecule has 0 unspecified atom stereocenters. The van der Waals surface area contributed by atoms with E-state index < -0.39 is 0 Å². The summed E-state index contributed by atoms with van der Waals surface area (Å²) in [5, 5.41) is 2.97. The lowest BCUT2D eigenvalue weighted by Gasteiger charge is -2.04. The van der Waals surface area contributed by atoms with E-state index in [9.17, 15) is 4.79 Å². The Labute approximate surface area is 143 Å². The van der Waals surface area contributed by atoms with Crippen molar-refractivity contribution in [2.24, 2.45) is 4.99 Å². The zero-order chi connectivity index (χ0) is 17.6. The Balaban J connectivity index is 2.84. The normalized spacial score (nSPS) is 12.5. The van der Waals surface area contributed by atoms with Crippen LogP contribution < -0.4 is 5.32 Å². The molecule has 1 heterocycles. The highest BCUT2D eigenvalue weighted by atomic mass is 16.5. The summed E-state index contributed by atoms with van der Waals surface area (Å²) in [7, 11) is 1.63. The second-order valence-corrected chi connectivity index (χ2v) is 4.90. The molecule has 128 valence electrons. The van der Waals surface area contributed by atoms with E-state index in [0.29, 0.717) is 24.5 Å². The molecule has 0 aliphatic heterocycles. The number of aromatic nitrogens is 1. The monoisotopic (exact) mass is 327 g/mol. The van der Waals surface area contributed by atoms with Crippen molar-refractivity contribution in [1.82, 2.24) is 4.98 Å². The van der Waals surface area contributed by atoms with Gasteiger partial charge in [0.1, 0.15) is 5.69 Å². The van der Waals surface area contributed by atoms with Gasteiger partial charge in [-0.3, -0.25) is 9.79 Å². The summed E-state index contributed by atoms with van der Waals surface area (Å²) in [5.74, 6) is 0. The van der Waals surface area contributed by atoms with Gasteiger partial charge in [0.05, 0.1) is 30.9 Å². The van der Waals surface area contributed by atoms with E-state index in [1.54, 1.807) is 13.4 Å². The van der Waals surface area contributed by atoms with Crippen LogP contribution in [0.1, 0.15) is 36.5 Å². The molecule has 0 saturated carbocycles. The van der Waals surface area contributed by atoms with Crippen molar-refractivity contribution in [2.75, 3.05) is 25.6 Å². The van der Waals surface area contributed by atoms with Crippen LogP contribution in [0.15, 0.2) is 47.0 Å². The number of pyridine rings is 1. The molecule has 0 spiro atoms. The van der Waals surface area contributed by atoms with Gasteiger partial charge in [0.2, 0.25) is 0 Å². The smallest absolute Gasteiger partial charge is 0.170 e. The number of carbonyl (C=O) groups is 1. The molecule has 0 aromatic carbocycles. The number of methoxy groups -OCH3 is 1. The topological polar surface area (TPSA) is 63.6 Å². The van der Waals surface area contributed by atoms with E-state index in [1.165, 1.54) is 0 Å². The molecule has 1 N–H and O–H groups in total. The Bertz CT molecular complexity index is 631. The van der Waals surface area contributed by atoms with Crippen molar-refractivity contribution in [3.63, 3.8) is 0 Å². The van der Waals surface area contributed by atoms with Crippen molar-refractivity contribution in [1.29, 1.82) is 0 Å². The third kappa shape index (κ3) is 7.15. The first-order valence-electron chi connectivity index (χ1n) is 7.96. The van der Waals surface area contributed by atoms with Crippen LogP contribution in [0.4, 0.5) is 5.69 Å². The first-order chi connectivity index (χ1) is 11.7. The van der Waals surface area contributed by atoms with E-state index in [-0.39, 0.29) is 0 Å². The minimum absolute atomic E-state index is 0.349. The standard InChI is InChI=1S/C19H25N3O2/c1-4-6-16(7-5-2)8-9-17-10-11-18(19(14-23)22-17)21-15-20-12-13-24-3/h4,6-11,14-15H,5,12-13H2,1-3H3,(H,20,21)/b6-4-,9-8+,16-7+. The molecule has 24 heavy (non-hydrogen) atoms. The lowest BCUT2D eigenvalue weighted by atomic mass is 10.1. The molecule has 5 nitrogen and oxygen atoms in total. The number of nitrogens with one attached hydrogen (secondary N) is 1. The van der Waals surface area contributed by atoms with Crippen LogP contribution in [0.25, 0.3) is 6.08 Å².